The standard InChI is InChI=1S/C9H18NO/c1-4-6-7-10(8-11)9(3)5-2/h8H,4-7H2,1-3H3/q+1/b10-9+. The molecule has 0 N–H and O–H groups in total. The molecule has 64 valence electrons. The van der Waals surface area contributed by atoms with E-state index in [2.05, 4.69) is 13.8 Å². The third-order valence-corrected chi connectivity index (χ3v) is 1.88. The lowest BCUT2D eigenvalue weighted by atomic mass is 10.3. The summed E-state index contributed by atoms with van der Waals surface area (Å²) in [6.45, 7) is 7.08. The molecule has 0 aliphatic rings. The Bertz CT molecular complexity index is 150. The molecule has 0 atom stereocenters. The number of carbonyl (C=O) groups excluding carboxylic acids is 1. The summed E-state index contributed by atoms with van der Waals surface area (Å²) in [5.74, 6) is 0. The van der Waals surface area contributed by atoms with Gasteiger partial charge in [0.2, 0.25) is 0 Å². The lowest BCUT2D eigenvalue weighted by Crippen LogP contribution is -2.18. The van der Waals surface area contributed by atoms with E-state index in [9.17, 15) is 4.79 Å². The second kappa shape index (κ2) is 6.08. The lowest BCUT2D eigenvalue weighted by molar-refractivity contribution is -0.435. The topological polar surface area (TPSA) is 20.1 Å². The van der Waals surface area contributed by atoms with Gasteiger partial charge in [-0.1, -0.05) is 20.3 Å². The monoisotopic (exact) mass is 156 g/mol. The smallest absolute Gasteiger partial charge is 0.223 e. The van der Waals surface area contributed by atoms with Gasteiger partial charge >= 0.3 is 6.41 Å². The quantitative estimate of drug-likeness (QED) is 0.338. The zero-order chi connectivity index (χ0) is 8.69. The van der Waals surface area contributed by atoms with E-state index in [-0.39, 0.29) is 0 Å². The van der Waals surface area contributed by atoms with Gasteiger partial charge in [0.25, 0.3) is 0 Å². The predicted octanol–water partition coefficient (Wildman–Crippen LogP) is 1.83. The minimum atomic E-state index is 0.875. The predicted molar refractivity (Wildman–Crippen MR) is 47.1 cm³/mol. The molecule has 2 nitrogen and oxygen atoms in total. The molecule has 0 aliphatic heterocycles. The molecule has 0 saturated heterocycles. The Labute approximate surface area is 68.9 Å². The molecule has 0 aromatic heterocycles. The molecule has 0 radical (unpaired) electrons. The summed E-state index contributed by atoms with van der Waals surface area (Å²) in [6, 6.07) is 0. The van der Waals surface area contributed by atoms with Crippen LogP contribution < -0.4 is 0 Å². The number of amides is 1. The number of hydrogen-bond acceptors (Lipinski definition) is 1. The first-order chi connectivity index (χ1) is 5.26. The normalized spacial score (nSPS) is 12.6. The zero-order valence-electron chi connectivity index (χ0n) is 7.76. The van der Waals surface area contributed by atoms with Crippen molar-refractivity contribution in [3.63, 3.8) is 0 Å². The number of unbranched alkanes of at least 4 members (excludes halogenated alkanes) is 1. The van der Waals surface area contributed by atoms with Crippen molar-refractivity contribution in [2.24, 2.45) is 0 Å². The Morgan fingerprint density at radius 1 is 1.45 bits per heavy atom. The second-order valence-electron chi connectivity index (χ2n) is 2.74. The summed E-state index contributed by atoms with van der Waals surface area (Å²) in [7, 11) is 0. The van der Waals surface area contributed by atoms with Crippen LogP contribution in [0, 0.1) is 0 Å². The molecule has 2 heteroatoms. The molecular weight excluding hydrogens is 138 g/mol. The molecular formula is C9H18NO+. The molecule has 0 fully saturated rings. The molecule has 0 aromatic carbocycles. The highest BCUT2D eigenvalue weighted by atomic mass is 16.1. The van der Waals surface area contributed by atoms with Crippen LogP contribution >= 0.6 is 0 Å². The van der Waals surface area contributed by atoms with Gasteiger partial charge in [0, 0.05) is 19.8 Å². The first-order valence-electron chi connectivity index (χ1n) is 4.30. The highest BCUT2D eigenvalue weighted by Gasteiger charge is 2.05. The van der Waals surface area contributed by atoms with Crippen LogP contribution in [-0.2, 0) is 4.79 Å². The van der Waals surface area contributed by atoms with E-state index in [1.165, 1.54) is 0 Å². The summed E-state index contributed by atoms with van der Waals surface area (Å²) < 4.78 is 1.80. The Morgan fingerprint density at radius 3 is 2.45 bits per heavy atom. The van der Waals surface area contributed by atoms with Crippen LogP contribution in [-0.4, -0.2) is 23.2 Å². The third-order valence-electron chi connectivity index (χ3n) is 1.88. The minimum Gasteiger partial charge on any atom is -0.223 e. The van der Waals surface area contributed by atoms with E-state index in [4.69, 9.17) is 0 Å². The minimum absolute atomic E-state index is 0.875. The van der Waals surface area contributed by atoms with Crippen LogP contribution in [0.4, 0.5) is 0 Å². The van der Waals surface area contributed by atoms with E-state index in [1.807, 2.05) is 6.92 Å². The van der Waals surface area contributed by atoms with Crippen molar-refractivity contribution >= 4 is 12.1 Å². The van der Waals surface area contributed by atoms with E-state index >= 15 is 0 Å². The van der Waals surface area contributed by atoms with Crippen LogP contribution in [0.25, 0.3) is 0 Å². The molecule has 0 rings (SSSR count). The van der Waals surface area contributed by atoms with Gasteiger partial charge in [-0.05, 0) is 0 Å². The number of rotatable bonds is 5. The number of hydrogen-bond donors (Lipinski definition) is 0. The van der Waals surface area contributed by atoms with Crippen molar-refractivity contribution in [1.82, 2.24) is 0 Å². The van der Waals surface area contributed by atoms with Crippen LogP contribution in [0.15, 0.2) is 0 Å². The highest BCUT2D eigenvalue weighted by Crippen LogP contribution is 1.90. The zero-order valence-corrected chi connectivity index (χ0v) is 7.76. The summed E-state index contributed by atoms with van der Waals surface area (Å²) in [5, 5.41) is 0. The van der Waals surface area contributed by atoms with Gasteiger partial charge in [0.1, 0.15) is 0 Å². The van der Waals surface area contributed by atoms with Gasteiger partial charge in [-0.15, -0.1) is 0 Å². The first-order valence-corrected chi connectivity index (χ1v) is 4.30. The largest absolute Gasteiger partial charge is 0.374 e. The Balaban J connectivity index is 4.03. The van der Waals surface area contributed by atoms with Crippen molar-refractivity contribution in [2.75, 3.05) is 6.54 Å². The molecule has 11 heavy (non-hydrogen) atoms. The SMILES string of the molecule is CCCC/[N+](C=O)=C(/C)CC. The molecule has 0 heterocycles. The van der Waals surface area contributed by atoms with Crippen molar-refractivity contribution in [1.29, 1.82) is 0 Å². The van der Waals surface area contributed by atoms with Crippen LogP contribution in [0.3, 0.4) is 0 Å². The molecule has 0 bridgehead atoms. The number of carbonyl (C=O) groups is 1. The van der Waals surface area contributed by atoms with Crippen molar-refractivity contribution < 1.29 is 9.37 Å². The maximum atomic E-state index is 10.5. The van der Waals surface area contributed by atoms with E-state index < -0.39 is 0 Å². The molecule has 0 aliphatic carbocycles. The van der Waals surface area contributed by atoms with Gasteiger partial charge in [-0.2, -0.15) is 4.58 Å². The molecule has 0 unspecified atom stereocenters. The van der Waals surface area contributed by atoms with E-state index in [1.54, 1.807) is 4.58 Å². The Morgan fingerprint density at radius 2 is 2.09 bits per heavy atom. The van der Waals surface area contributed by atoms with E-state index in [0.29, 0.717) is 0 Å². The fraction of sp³-hybridized carbons (Fsp3) is 0.778. The Kier molecular flexibility index (Phi) is 5.71. The van der Waals surface area contributed by atoms with Gasteiger partial charge in [0.05, 0.1) is 0 Å². The first kappa shape index (κ1) is 10.3. The summed E-state index contributed by atoms with van der Waals surface area (Å²) in [6.07, 6.45) is 4.12. The molecule has 1 amide bonds. The molecule has 0 saturated carbocycles. The summed E-state index contributed by atoms with van der Waals surface area (Å²) in [4.78, 5) is 10.5. The second-order valence-corrected chi connectivity index (χ2v) is 2.74. The van der Waals surface area contributed by atoms with Crippen molar-refractivity contribution in [3.05, 3.63) is 0 Å². The Hall–Kier alpha value is -0.660. The lowest BCUT2D eigenvalue weighted by Gasteiger charge is -1.96. The van der Waals surface area contributed by atoms with Crippen LogP contribution in [0.1, 0.15) is 40.0 Å². The van der Waals surface area contributed by atoms with Gasteiger partial charge < -0.3 is 0 Å². The summed E-state index contributed by atoms with van der Waals surface area (Å²) >= 11 is 0. The molecule has 0 spiro atoms. The van der Waals surface area contributed by atoms with Gasteiger partial charge in [-0.3, -0.25) is 0 Å². The maximum Gasteiger partial charge on any atom is 0.374 e. The fourth-order valence-electron chi connectivity index (χ4n) is 0.865. The van der Waals surface area contributed by atoms with Gasteiger partial charge in [-0.25, -0.2) is 4.79 Å². The fourth-order valence-corrected chi connectivity index (χ4v) is 0.865. The maximum absolute atomic E-state index is 10.5. The third kappa shape index (κ3) is 3.91. The highest BCUT2D eigenvalue weighted by molar-refractivity contribution is 5.78. The molecule has 0 aromatic rings. The van der Waals surface area contributed by atoms with Crippen LogP contribution in [0.5, 0.6) is 0 Å². The average Bonchev–Trinajstić information content (AvgIpc) is 2.05. The summed E-state index contributed by atoms with van der Waals surface area (Å²) in [5.41, 5.74) is 1.16. The van der Waals surface area contributed by atoms with Gasteiger partial charge in [0.15, 0.2) is 12.3 Å². The average molecular weight is 156 g/mol. The van der Waals surface area contributed by atoms with E-state index in [0.717, 1.165) is 37.9 Å². The van der Waals surface area contributed by atoms with Crippen molar-refractivity contribution in [2.45, 2.75) is 40.0 Å². The van der Waals surface area contributed by atoms with Crippen LogP contribution in [0.2, 0.25) is 0 Å². The van der Waals surface area contributed by atoms with Crippen molar-refractivity contribution in [3.8, 4) is 0 Å². The number of nitrogens with zero attached hydrogens (tertiary/aromatic N) is 1.